The van der Waals surface area contributed by atoms with Gasteiger partial charge in [-0.3, -0.25) is 0 Å². The van der Waals surface area contributed by atoms with E-state index >= 15 is 0 Å². The van der Waals surface area contributed by atoms with Gasteiger partial charge < -0.3 is 10.1 Å². The molecule has 1 amide bonds. The standard InChI is InChI=1S/C15H31NO2Si/c1-10-11-12(19(8,9)15(5,6)7)16-13(17)18-14(2,3)4/h10,12H,1,11H2,2-9H3,(H,16,17). The highest BCUT2D eigenvalue weighted by Crippen LogP contribution is 2.39. The summed E-state index contributed by atoms with van der Waals surface area (Å²) in [5.41, 5.74) is -0.323. The molecule has 0 aliphatic carbocycles. The van der Waals surface area contributed by atoms with Gasteiger partial charge in [-0.1, -0.05) is 39.9 Å². The molecule has 4 heteroatoms. The van der Waals surface area contributed by atoms with Crippen molar-refractivity contribution in [1.82, 2.24) is 5.32 Å². The van der Waals surface area contributed by atoms with Gasteiger partial charge in [-0.25, -0.2) is 4.79 Å². The minimum absolute atomic E-state index is 0.139. The van der Waals surface area contributed by atoms with Crippen molar-refractivity contribution in [2.45, 2.75) is 77.4 Å². The lowest BCUT2D eigenvalue weighted by Crippen LogP contribution is -2.58. The van der Waals surface area contributed by atoms with Crippen LogP contribution in [0.5, 0.6) is 0 Å². The molecule has 0 aliphatic rings. The third-order valence-corrected chi connectivity index (χ3v) is 9.89. The smallest absolute Gasteiger partial charge is 0.407 e. The van der Waals surface area contributed by atoms with Crippen LogP contribution < -0.4 is 5.32 Å². The van der Waals surface area contributed by atoms with E-state index in [0.717, 1.165) is 6.42 Å². The Bertz CT molecular complexity index is 324. The van der Waals surface area contributed by atoms with Gasteiger partial charge in [-0.2, -0.15) is 0 Å². The van der Waals surface area contributed by atoms with Gasteiger partial charge in [0.05, 0.1) is 8.07 Å². The van der Waals surface area contributed by atoms with Crippen LogP contribution in [0, 0.1) is 0 Å². The molecule has 0 bridgehead atoms. The summed E-state index contributed by atoms with van der Waals surface area (Å²) >= 11 is 0. The number of hydrogen-bond donors (Lipinski definition) is 1. The Kier molecular flexibility index (Phi) is 5.87. The zero-order valence-corrected chi connectivity index (χ0v) is 14.9. The zero-order chi connectivity index (χ0) is 15.5. The lowest BCUT2D eigenvalue weighted by molar-refractivity contribution is 0.0518. The molecule has 3 nitrogen and oxygen atoms in total. The number of amides is 1. The topological polar surface area (TPSA) is 38.3 Å². The Labute approximate surface area is 119 Å². The average Bonchev–Trinajstić information content (AvgIpc) is 2.11. The van der Waals surface area contributed by atoms with Gasteiger partial charge in [0, 0.05) is 5.67 Å². The molecule has 0 aliphatic heterocycles. The molecule has 0 fully saturated rings. The first-order valence-corrected chi connectivity index (χ1v) is 9.99. The van der Waals surface area contributed by atoms with Crippen LogP contribution in [-0.2, 0) is 4.74 Å². The zero-order valence-electron chi connectivity index (χ0n) is 13.9. The third kappa shape index (κ3) is 5.81. The first-order valence-electron chi connectivity index (χ1n) is 6.91. The molecule has 112 valence electrons. The normalized spacial score (nSPS) is 14.7. The van der Waals surface area contributed by atoms with Crippen LogP contribution in [0.4, 0.5) is 4.79 Å². The summed E-state index contributed by atoms with van der Waals surface area (Å²) in [6, 6.07) is 0. The van der Waals surface area contributed by atoms with E-state index in [9.17, 15) is 4.79 Å². The van der Waals surface area contributed by atoms with E-state index in [-0.39, 0.29) is 16.8 Å². The van der Waals surface area contributed by atoms with Crippen molar-refractivity contribution in [2.24, 2.45) is 0 Å². The quantitative estimate of drug-likeness (QED) is 0.610. The van der Waals surface area contributed by atoms with Crippen molar-refractivity contribution < 1.29 is 9.53 Å². The highest BCUT2D eigenvalue weighted by molar-refractivity contribution is 6.81. The predicted molar refractivity (Wildman–Crippen MR) is 85.2 cm³/mol. The van der Waals surface area contributed by atoms with E-state index in [2.05, 4.69) is 45.8 Å². The molecule has 0 aromatic carbocycles. The van der Waals surface area contributed by atoms with Gasteiger partial charge >= 0.3 is 6.09 Å². The van der Waals surface area contributed by atoms with Gasteiger partial charge in [0.2, 0.25) is 0 Å². The molecule has 0 aromatic heterocycles. The molecule has 19 heavy (non-hydrogen) atoms. The fourth-order valence-electron chi connectivity index (χ4n) is 1.67. The molecule has 0 saturated heterocycles. The van der Waals surface area contributed by atoms with Crippen molar-refractivity contribution >= 4 is 14.2 Å². The molecule has 1 N–H and O–H groups in total. The van der Waals surface area contributed by atoms with Gasteiger partial charge in [0.25, 0.3) is 0 Å². The molecule has 0 radical (unpaired) electrons. The first-order chi connectivity index (χ1) is 8.31. The number of carbonyl (C=O) groups excluding carboxylic acids is 1. The van der Waals surface area contributed by atoms with Gasteiger partial charge in [0.1, 0.15) is 5.60 Å². The summed E-state index contributed by atoms with van der Waals surface area (Å²) in [5.74, 6) is 0. The highest BCUT2D eigenvalue weighted by atomic mass is 28.3. The lowest BCUT2D eigenvalue weighted by atomic mass is 10.2. The molecule has 1 unspecified atom stereocenters. The van der Waals surface area contributed by atoms with Crippen LogP contribution in [0.1, 0.15) is 48.0 Å². The number of rotatable bonds is 4. The molecule has 1 atom stereocenters. The fraction of sp³-hybridized carbons (Fsp3) is 0.800. The maximum absolute atomic E-state index is 12.0. The van der Waals surface area contributed by atoms with E-state index in [1.165, 1.54) is 0 Å². The molecule has 0 aromatic rings. The predicted octanol–water partition coefficient (Wildman–Crippen LogP) is 4.50. The first kappa shape index (κ1) is 18.2. The summed E-state index contributed by atoms with van der Waals surface area (Å²) in [6.45, 7) is 20.8. The number of hydrogen-bond acceptors (Lipinski definition) is 2. The van der Waals surface area contributed by atoms with E-state index < -0.39 is 13.7 Å². The second-order valence-electron chi connectivity index (χ2n) is 7.69. The van der Waals surface area contributed by atoms with Gasteiger partial charge in [0.15, 0.2) is 0 Å². The molecule has 0 saturated carbocycles. The second kappa shape index (κ2) is 6.12. The van der Waals surface area contributed by atoms with E-state index in [4.69, 9.17) is 4.74 Å². The largest absolute Gasteiger partial charge is 0.444 e. The number of nitrogens with one attached hydrogen (secondary N) is 1. The van der Waals surface area contributed by atoms with E-state index in [1.807, 2.05) is 26.8 Å². The van der Waals surface area contributed by atoms with Crippen LogP contribution in [0.2, 0.25) is 18.1 Å². The molecule has 0 spiro atoms. The van der Waals surface area contributed by atoms with Crippen molar-refractivity contribution in [3.63, 3.8) is 0 Å². The van der Waals surface area contributed by atoms with E-state index in [0.29, 0.717) is 0 Å². The maximum atomic E-state index is 12.0. The average molecular weight is 286 g/mol. The Morgan fingerprint density at radius 1 is 1.26 bits per heavy atom. The third-order valence-electron chi connectivity index (χ3n) is 3.90. The summed E-state index contributed by atoms with van der Waals surface area (Å²) in [7, 11) is -1.68. The van der Waals surface area contributed by atoms with Crippen LogP contribution in [0.25, 0.3) is 0 Å². The maximum Gasteiger partial charge on any atom is 0.407 e. The van der Waals surface area contributed by atoms with Gasteiger partial charge in [-0.15, -0.1) is 6.58 Å². The van der Waals surface area contributed by atoms with Crippen molar-refractivity contribution in [3.05, 3.63) is 12.7 Å². The number of ether oxygens (including phenoxy) is 1. The summed E-state index contributed by atoms with van der Waals surface area (Å²) in [6.07, 6.45) is 2.34. The summed E-state index contributed by atoms with van der Waals surface area (Å²) < 4.78 is 5.36. The Balaban J connectivity index is 4.95. The molecule has 0 rings (SSSR count). The SMILES string of the molecule is C=CCC(NC(=O)OC(C)(C)C)[Si](C)(C)C(C)(C)C. The molecular formula is C15H31NO2Si. The molecule has 0 heterocycles. The summed E-state index contributed by atoms with van der Waals surface area (Å²) in [5, 5.41) is 3.25. The van der Waals surface area contributed by atoms with Crippen LogP contribution in [0.3, 0.4) is 0 Å². The molecular weight excluding hydrogens is 254 g/mol. The van der Waals surface area contributed by atoms with Crippen LogP contribution in [0.15, 0.2) is 12.7 Å². The van der Waals surface area contributed by atoms with Crippen LogP contribution in [-0.4, -0.2) is 25.4 Å². The monoisotopic (exact) mass is 285 g/mol. The Hall–Kier alpha value is -0.773. The second-order valence-corrected chi connectivity index (χ2v) is 13.3. The van der Waals surface area contributed by atoms with Crippen molar-refractivity contribution in [1.29, 1.82) is 0 Å². The Morgan fingerprint density at radius 2 is 1.74 bits per heavy atom. The van der Waals surface area contributed by atoms with Gasteiger partial charge in [-0.05, 0) is 32.2 Å². The van der Waals surface area contributed by atoms with Crippen molar-refractivity contribution in [3.8, 4) is 0 Å². The van der Waals surface area contributed by atoms with Crippen molar-refractivity contribution in [2.75, 3.05) is 0 Å². The minimum Gasteiger partial charge on any atom is -0.444 e. The summed E-state index contributed by atoms with van der Waals surface area (Å²) in [4.78, 5) is 12.0. The van der Waals surface area contributed by atoms with Crippen LogP contribution >= 0.6 is 0 Å². The Morgan fingerprint density at radius 3 is 2.05 bits per heavy atom. The number of carbonyl (C=O) groups is 1. The fourth-order valence-corrected chi connectivity index (χ4v) is 3.95. The lowest BCUT2D eigenvalue weighted by Gasteiger charge is -2.43. The minimum atomic E-state index is -1.68. The number of alkyl carbamates (subject to hydrolysis) is 1. The van der Waals surface area contributed by atoms with E-state index in [1.54, 1.807) is 0 Å². The highest BCUT2D eigenvalue weighted by Gasteiger charge is 2.42.